The molecule has 0 atom stereocenters. The molecule has 0 unspecified atom stereocenters. The highest BCUT2D eigenvalue weighted by molar-refractivity contribution is 6.08. The van der Waals surface area contributed by atoms with Gasteiger partial charge < -0.3 is 14.6 Å². The fourth-order valence-electron chi connectivity index (χ4n) is 1.91. The van der Waals surface area contributed by atoms with E-state index in [4.69, 9.17) is 9.47 Å². The topological polar surface area (TPSA) is 55.8 Å². The largest absolute Gasteiger partial charge is 0.507 e. The third kappa shape index (κ3) is 3.42. The van der Waals surface area contributed by atoms with Crippen molar-refractivity contribution in [3.8, 4) is 17.2 Å². The van der Waals surface area contributed by atoms with Gasteiger partial charge in [-0.05, 0) is 42.5 Å². The lowest BCUT2D eigenvalue weighted by atomic mass is 10.1. The number of carbonyl (C=O) groups is 1. The van der Waals surface area contributed by atoms with Gasteiger partial charge in [-0.2, -0.15) is 0 Å². The molecule has 0 aromatic heterocycles. The van der Waals surface area contributed by atoms with E-state index in [1.165, 1.54) is 12.1 Å². The van der Waals surface area contributed by atoms with Crippen LogP contribution in [0.2, 0.25) is 0 Å². The first kappa shape index (κ1) is 14.7. The molecule has 0 bridgehead atoms. The molecule has 1 N–H and O–H groups in total. The number of hydrogen-bond acceptors (Lipinski definition) is 4. The average Bonchev–Trinajstić information content (AvgIpc) is 2.52. The van der Waals surface area contributed by atoms with E-state index in [0.717, 1.165) is 5.56 Å². The summed E-state index contributed by atoms with van der Waals surface area (Å²) in [5.41, 5.74) is 0.983. The average molecular weight is 284 g/mol. The maximum atomic E-state index is 12.1. The number of para-hydroxylation sites is 1. The van der Waals surface area contributed by atoms with E-state index in [1.54, 1.807) is 56.7 Å². The van der Waals surface area contributed by atoms with Crippen molar-refractivity contribution in [2.45, 2.75) is 0 Å². The van der Waals surface area contributed by atoms with Gasteiger partial charge in [-0.15, -0.1) is 0 Å². The highest BCUT2D eigenvalue weighted by Crippen LogP contribution is 2.25. The van der Waals surface area contributed by atoms with Crippen LogP contribution >= 0.6 is 0 Å². The van der Waals surface area contributed by atoms with Crippen molar-refractivity contribution in [1.82, 2.24) is 0 Å². The SMILES string of the molecule is COc1ccc(OC)c(/C=C/C(=O)c2ccccc2O)c1. The molecule has 0 saturated carbocycles. The molecule has 0 amide bonds. The minimum absolute atomic E-state index is 0.0373. The van der Waals surface area contributed by atoms with Gasteiger partial charge in [0.2, 0.25) is 0 Å². The molecule has 0 radical (unpaired) electrons. The maximum absolute atomic E-state index is 12.1. The van der Waals surface area contributed by atoms with E-state index in [1.807, 2.05) is 0 Å². The third-order valence-corrected chi connectivity index (χ3v) is 3.02. The molecule has 0 saturated heterocycles. The Labute approximate surface area is 123 Å². The molecule has 4 nitrogen and oxygen atoms in total. The Morgan fingerprint density at radius 2 is 1.86 bits per heavy atom. The Morgan fingerprint density at radius 1 is 1.10 bits per heavy atom. The van der Waals surface area contributed by atoms with Crippen molar-refractivity contribution in [2.75, 3.05) is 14.2 Å². The van der Waals surface area contributed by atoms with Crippen LogP contribution in [-0.2, 0) is 0 Å². The molecule has 2 aromatic rings. The normalized spacial score (nSPS) is 10.6. The zero-order chi connectivity index (χ0) is 15.2. The Morgan fingerprint density at radius 3 is 2.52 bits per heavy atom. The van der Waals surface area contributed by atoms with Gasteiger partial charge in [0.25, 0.3) is 0 Å². The molecule has 0 heterocycles. The van der Waals surface area contributed by atoms with Gasteiger partial charge in [0.15, 0.2) is 5.78 Å². The predicted molar refractivity (Wildman–Crippen MR) is 81.0 cm³/mol. The molecule has 108 valence electrons. The van der Waals surface area contributed by atoms with Gasteiger partial charge in [-0.25, -0.2) is 0 Å². The van der Waals surface area contributed by atoms with E-state index < -0.39 is 0 Å². The van der Waals surface area contributed by atoms with Gasteiger partial charge in [0.1, 0.15) is 17.2 Å². The number of methoxy groups -OCH3 is 2. The summed E-state index contributed by atoms with van der Waals surface area (Å²) in [7, 11) is 3.13. The molecule has 4 heteroatoms. The van der Waals surface area contributed by atoms with Crippen LogP contribution in [0.5, 0.6) is 17.2 Å². The van der Waals surface area contributed by atoms with E-state index in [-0.39, 0.29) is 17.1 Å². The molecule has 0 aliphatic heterocycles. The highest BCUT2D eigenvalue weighted by Gasteiger charge is 2.08. The first-order valence-electron chi connectivity index (χ1n) is 6.38. The minimum Gasteiger partial charge on any atom is -0.507 e. The summed E-state index contributed by atoms with van der Waals surface area (Å²) >= 11 is 0. The summed E-state index contributed by atoms with van der Waals surface area (Å²) in [4.78, 5) is 12.1. The number of ketones is 1. The first-order chi connectivity index (χ1) is 10.2. The number of phenolic OH excluding ortho intramolecular Hbond substituents is 1. The van der Waals surface area contributed by atoms with Crippen LogP contribution in [0.3, 0.4) is 0 Å². The number of carbonyl (C=O) groups excluding carboxylic acids is 1. The summed E-state index contributed by atoms with van der Waals surface area (Å²) in [6, 6.07) is 11.7. The number of ether oxygens (including phenoxy) is 2. The molecule has 2 rings (SSSR count). The van der Waals surface area contributed by atoms with Crippen molar-refractivity contribution in [1.29, 1.82) is 0 Å². The van der Waals surface area contributed by atoms with E-state index >= 15 is 0 Å². The van der Waals surface area contributed by atoms with Crippen molar-refractivity contribution in [3.05, 3.63) is 59.7 Å². The smallest absolute Gasteiger partial charge is 0.189 e. The van der Waals surface area contributed by atoms with Crippen LogP contribution in [0, 0.1) is 0 Å². The van der Waals surface area contributed by atoms with Crippen molar-refractivity contribution in [2.24, 2.45) is 0 Å². The van der Waals surface area contributed by atoms with Crippen LogP contribution < -0.4 is 9.47 Å². The molecule has 2 aromatic carbocycles. The molecule has 0 fully saturated rings. The Bertz CT molecular complexity index is 674. The molecule has 0 aliphatic rings. The molecular weight excluding hydrogens is 268 g/mol. The van der Waals surface area contributed by atoms with Crippen LogP contribution in [0.25, 0.3) is 6.08 Å². The van der Waals surface area contributed by atoms with Gasteiger partial charge in [0, 0.05) is 5.56 Å². The fraction of sp³-hybridized carbons (Fsp3) is 0.118. The van der Waals surface area contributed by atoms with Gasteiger partial charge >= 0.3 is 0 Å². The minimum atomic E-state index is -0.280. The number of rotatable bonds is 5. The maximum Gasteiger partial charge on any atom is 0.189 e. The van der Waals surface area contributed by atoms with Gasteiger partial charge in [-0.1, -0.05) is 12.1 Å². The van der Waals surface area contributed by atoms with Gasteiger partial charge in [0.05, 0.1) is 19.8 Å². The molecule has 0 spiro atoms. The van der Waals surface area contributed by atoms with Gasteiger partial charge in [-0.3, -0.25) is 4.79 Å². The fourth-order valence-corrected chi connectivity index (χ4v) is 1.91. The lowest BCUT2D eigenvalue weighted by Crippen LogP contribution is -1.95. The summed E-state index contributed by atoms with van der Waals surface area (Å²) in [6.45, 7) is 0. The van der Waals surface area contributed by atoms with Crippen molar-refractivity contribution >= 4 is 11.9 Å². The number of hydrogen-bond donors (Lipinski definition) is 1. The Balaban J connectivity index is 2.29. The number of phenols is 1. The second-order valence-electron chi connectivity index (χ2n) is 4.32. The number of allylic oxidation sites excluding steroid dienone is 1. The van der Waals surface area contributed by atoms with Crippen molar-refractivity contribution in [3.63, 3.8) is 0 Å². The zero-order valence-electron chi connectivity index (χ0n) is 11.9. The highest BCUT2D eigenvalue weighted by atomic mass is 16.5. The molecule has 21 heavy (non-hydrogen) atoms. The summed E-state index contributed by atoms with van der Waals surface area (Å²) < 4.78 is 10.4. The Kier molecular flexibility index (Phi) is 4.61. The predicted octanol–water partition coefficient (Wildman–Crippen LogP) is 3.31. The van der Waals surface area contributed by atoms with Crippen LogP contribution in [0.1, 0.15) is 15.9 Å². The lowest BCUT2D eigenvalue weighted by Gasteiger charge is -2.07. The zero-order valence-corrected chi connectivity index (χ0v) is 11.9. The van der Waals surface area contributed by atoms with E-state index in [2.05, 4.69) is 0 Å². The third-order valence-electron chi connectivity index (χ3n) is 3.02. The standard InChI is InChI=1S/C17H16O4/c1-20-13-8-10-17(21-2)12(11-13)7-9-16(19)14-5-3-4-6-15(14)18/h3-11,18H,1-2H3/b9-7+. The quantitative estimate of drug-likeness (QED) is 0.676. The summed E-state index contributed by atoms with van der Waals surface area (Å²) in [5, 5.41) is 9.66. The van der Waals surface area contributed by atoms with Crippen LogP contribution in [0.15, 0.2) is 48.5 Å². The second kappa shape index (κ2) is 6.61. The summed E-state index contributed by atoms with van der Waals surface area (Å²) in [6.07, 6.45) is 3.03. The van der Waals surface area contributed by atoms with Crippen LogP contribution in [0.4, 0.5) is 0 Å². The monoisotopic (exact) mass is 284 g/mol. The van der Waals surface area contributed by atoms with E-state index in [9.17, 15) is 9.90 Å². The van der Waals surface area contributed by atoms with Crippen LogP contribution in [-0.4, -0.2) is 25.1 Å². The summed E-state index contributed by atoms with van der Waals surface area (Å²) in [5.74, 6) is 0.991. The lowest BCUT2D eigenvalue weighted by molar-refractivity contribution is 0.104. The number of aromatic hydroxyl groups is 1. The first-order valence-corrected chi connectivity index (χ1v) is 6.38. The number of benzene rings is 2. The molecular formula is C17H16O4. The van der Waals surface area contributed by atoms with E-state index in [0.29, 0.717) is 11.5 Å². The Hall–Kier alpha value is -2.75. The van der Waals surface area contributed by atoms with Crippen molar-refractivity contribution < 1.29 is 19.4 Å². The molecule has 0 aliphatic carbocycles. The second-order valence-corrected chi connectivity index (χ2v) is 4.32.